The summed E-state index contributed by atoms with van der Waals surface area (Å²) in [6.07, 6.45) is 0.459. The highest BCUT2D eigenvalue weighted by Crippen LogP contribution is 2.25. The van der Waals surface area contributed by atoms with E-state index in [9.17, 15) is 14.4 Å². The van der Waals surface area contributed by atoms with E-state index in [0.29, 0.717) is 41.4 Å². The average Bonchev–Trinajstić information content (AvgIpc) is 3.29. The molecule has 1 aliphatic rings. The number of aromatic nitrogens is 2. The van der Waals surface area contributed by atoms with Crippen molar-refractivity contribution in [2.24, 2.45) is 7.05 Å². The highest BCUT2D eigenvalue weighted by atomic mass is 16.5. The first-order valence-electron chi connectivity index (χ1n) is 11.7. The van der Waals surface area contributed by atoms with Gasteiger partial charge in [-0.1, -0.05) is 30.3 Å². The fraction of sp³-hybridized carbons (Fsp3) is 0.308. The van der Waals surface area contributed by atoms with E-state index in [2.05, 4.69) is 15.7 Å². The van der Waals surface area contributed by atoms with Gasteiger partial charge in [-0.3, -0.25) is 19.1 Å². The summed E-state index contributed by atoms with van der Waals surface area (Å²) in [6.45, 7) is 0.835. The molecule has 0 spiro atoms. The predicted molar refractivity (Wildman–Crippen MR) is 133 cm³/mol. The van der Waals surface area contributed by atoms with Gasteiger partial charge in [0.15, 0.2) is 0 Å². The lowest BCUT2D eigenvalue weighted by Crippen LogP contribution is -2.43. The van der Waals surface area contributed by atoms with Crippen LogP contribution in [0.3, 0.4) is 0 Å². The molecule has 0 saturated carbocycles. The van der Waals surface area contributed by atoms with Gasteiger partial charge in [0.25, 0.3) is 11.8 Å². The van der Waals surface area contributed by atoms with Gasteiger partial charge in [-0.05, 0) is 24.6 Å². The molecule has 0 radical (unpaired) electrons. The first-order valence-corrected chi connectivity index (χ1v) is 11.7. The number of hydrogen-bond acceptors (Lipinski definition) is 6. The van der Waals surface area contributed by atoms with E-state index >= 15 is 0 Å². The van der Waals surface area contributed by atoms with Gasteiger partial charge in [0.05, 0.1) is 31.5 Å². The lowest BCUT2D eigenvalue weighted by atomic mass is 10.1. The molecular formula is C26H29N5O5. The van der Waals surface area contributed by atoms with Crippen LogP contribution in [0, 0.1) is 0 Å². The van der Waals surface area contributed by atoms with Gasteiger partial charge in [-0.25, -0.2) is 0 Å². The second-order valence-electron chi connectivity index (χ2n) is 8.30. The van der Waals surface area contributed by atoms with Crippen molar-refractivity contribution in [1.82, 2.24) is 25.3 Å². The van der Waals surface area contributed by atoms with E-state index in [0.717, 1.165) is 5.56 Å². The second kappa shape index (κ2) is 11.4. The molecule has 0 unspecified atom stereocenters. The summed E-state index contributed by atoms with van der Waals surface area (Å²) in [5.41, 5.74) is 2.31. The quantitative estimate of drug-likeness (QED) is 0.578. The van der Waals surface area contributed by atoms with Crippen LogP contribution >= 0.6 is 0 Å². The van der Waals surface area contributed by atoms with Crippen LogP contribution in [0.1, 0.15) is 27.3 Å². The summed E-state index contributed by atoms with van der Waals surface area (Å²) >= 11 is 0. The Hall–Kier alpha value is -4.34. The lowest BCUT2D eigenvalue weighted by Gasteiger charge is -2.23. The van der Waals surface area contributed by atoms with Crippen LogP contribution in [0.4, 0.5) is 0 Å². The zero-order chi connectivity index (χ0) is 25.5. The van der Waals surface area contributed by atoms with Gasteiger partial charge >= 0.3 is 0 Å². The van der Waals surface area contributed by atoms with Crippen LogP contribution in [0.15, 0.2) is 54.6 Å². The molecule has 3 amide bonds. The van der Waals surface area contributed by atoms with Crippen molar-refractivity contribution in [2.45, 2.75) is 6.42 Å². The van der Waals surface area contributed by atoms with E-state index in [4.69, 9.17) is 9.47 Å². The van der Waals surface area contributed by atoms with E-state index in [-0.39, 0.29) is 44.0 Å². The summed E-state index contributed by atoms with van der Waals surface area (Å²) in [5, 5.41) is 10.1. The fourth-order valence-corrected chi connectivity index (χ4v) is 3.92. The minimum absolute atomic E-state index is 0.122. The Labute approximate surface area is 209 Å². The van der Waals surface area contributed by atoms with Gasteiger partial charge < -0.3 is 25.0 Å². The zero-order valence-corrected chi connectivity index (χ0v) is 20.3. The number of methoxy groups -OCH3 is 1. The largest absolute Gasteiger partial charge is 0.497 e. The normalized spacial score (nSPS) is 15.1. The molecule has 2 aromatic carbocycles. The third-order valence-electron chi connectivity index (χ3n) is 5.80. The Morgan fingerprint density at radius 2 is 1.86 bits per heavy atom. The Kier molecular flexibility index (Phi) is 7.84. The molecule has 0 saturated heterocycles. The number of fused-ring (bicyclic) bond motifs is 1. The molecule has 188 valence electrons. The molecule has 10 nitrogen and oxygen atoms in total. The number of rotatable bonds is 3. The summed E-state index contributed by atoms with van der Waals surface area (Å²) in [4.78, 5) is 40.3. The molecule has 0 atom stereocenters. The molecule has 2 heterocycles. The lowest BCUT2D eigenvalue weighted by molar-refractivity contribution is -0.121. The SMILES string of the molecule is COc1ccc2c(c1)OCCNC(=O)CN(C(=O)c1cc(-c3ccccc3)nn1C)CCCNC2=O. The number of carbonyl (C=O) groups is 3. The maximum Gasteiger partial charge on any atom is 0.272 e. The fourth-order valence-electron chi connectivity index (χ4n) is 3.92. The molecule has 10 heteroatoms. The topological polar surface area (TPSA) is 115 Å². The van der Waals surface area contributed by atoms with Crippen LogP contribution in [0.2, 0.25) is 0 Å². The Morgan fingerprint density at radius 1 is 1.06 bits per heavy atom. The number of ether oxygens (including phenoxy) is 2. The van der Waals surface area contributed by atoms with E-state index in [1.54, 1.807) is 31.3 Å². The Morgan fingerprint density at radius 3 is 2.64 bits per heavy atom. The number of carbonyl (C=O) groups excluding carboxylic acids is 3. The number of hydrogen-bond donors (Lipinski definition) is 2. The van der Waals surface area contributed by atoms with Crippen molar-refractivity contribution in [2.75, 3.05) is 39.9 Å². The first-order chi connectivity index (χ1) is 17.5. The highest BCUT2D eigenvalue weighted by molar-refractivity contribution is 5.97. The van der Waals surface area contributed by atoms with Gasteiger partial charge in [-0.2, -0.15) is 5.10 Å². The number of nitrogens with zero attached hydrogens (tertiary/aromatic N) is 3. The summed E-state index contributed by atoms with van der Waals surface area (Å²) in [6, 6.07) is 16.3. The smallest absolute Gasteiger partial charge is 0.272 e. The van der Waals surface area contributed by atoms with Crippen molar-refractivity contribution in [3.63, 3.8) is 0 Å². The maximum atomic E-state index is 13.4. The number of nitrogens with one attached hydrogen (secondary N) is 2. The van der Waals surface area contributed by atoms with Crippen LogP contribution in [0.5, 0.6) is 11.5 Å². The molecule has 36 heavy (non-hydrogen) atoms. The van der Waals surface area contributed by atoms with Crippen LogP contribution in [-0.2, 0) is 11.8 Å². The Balaban J connectivity index is 1.50. The van der Waals surface area contributed by atoms with Gasteiger partial charge in [0, 0.05) is 31.8 Å². The van der Waals surface area contributed by atoms with Crippen LogP contribution < -0.4 is 20.1 Å². The average molecular weight is 492 g/mol. The molecule has 3 aromatic rings. The third-order valence-corrected chi connectivity index (χ3v) is 5.80. The standard InChI is InChI=1S/C26H29N5O5/c1-30-22(16-21(29-30)18-7-4-3-5-8-18)26(34)31-13-6-11-28-25(33)20-10-9-19(35-2)15-23(20)36-14-12-27-24(32)17-31/h3-5,7-10,15-16H,6,11-14,17H2,1-2H3,(H,27,32)(H,28,33). The monoisotopic (exact) mass is 491 g/mol. The van der Waals surface area contributed by atoms with Gasteiger partial charge in [0.1, 0.15) is 23.8 Å². The van der Waals surface area contributed by atoms with Crippen molar-refractivity contribution in [3.8, 4) is 22.8 Å². The summed E-state index contributed by atoms with van der Waals surface area (Å²) in [5.74, 6) is 0.0383. The van der Waals surface area contributed by atoms with E-state index in [1.807, 2.05) is 30.3 Å². The molecule has 4 rings (SSSR count). The molecular weight excluding hydrogens is 462 g/mol. The van der Waals surface area contributed by atoms with E-state index in [1.165, 1.54) is 16.7 Å². The minimum Gasteiger partial charge on any atom is -0.497 e. The maximum absolute atomic E-state index is 13.4. The van der Waals surface area contributed by atoms with Gasteiger partial charge in [0.2, 0.25) is 5.91 Å². The molecule has 0 fully saturated rings. The van der Waals surface area contributed by atoms with Crippen LogP contribution in [-0.4, -0.2) is 72.3 Å². The van der Waals surface area contributed by atoms with Gasteiger partial charge in [-0.15, -0.1) is 0 Å². The molecule has 0 aliphatic carbocycles. The number of amides is 3. The number of aryl methyl sites for hydroxylation is 1. The van der Waals surface area contributed by atoms with Crippen LogP contribution in [0.25, 0.3) is 11.3 Å². The second-order valence-corrected chi connectivity index (χ2v) is 8.30. The van der Waals surface area contributed by atoms with Crippen molar-refractivity contribution >= 4 is 17.7 Å². The van der Waals surface area contributed by atoms with E-state index < -0.39 is 0 Å². The van der Waals surface area contributed by atoms with Crippen molar-refractivity contribution in [3.05, 3.63) is 65.9 Å². The number of benzene rings is 2. The molecule has 1 aromatic heterocycles. The van der Waals surface area contributed by atoms with Crippen molar-refractivity contribution < 1.29 is 23.9 Å². The molecule has 0 bridgehead atoms. The minimum atomic E-state index is -0.311. The summed E-state index contributed by atoms with van der Waals surface area (Å²) in [7, 11) is 3.24. The van der Waals surface area contributed by atoms with Crippen molar-refractivity contribution in [1.29, 1.82) is 0 Å². The predicted octanol–water partition coefficient (Wildman–Crippen LogP) is 1.87. The third kappa shape index (κ3) is 5.83. The summed E-state index contributed by atoms with van der Waals surface area (Å²) < 4.78 is 12.5. The molecule has 2 N–H and O–H groups in total. The zero-order valence-electron chi connectivity index (χ0n) is 20.3. The Bertz CT molecular complexity index is 1240. The molecule has 1 aliphatic heterocycles. The highest BCUT2D eigenvalue weighted by Gasteiger charge is 2.23. The first kappa shape index (κ1) is 24.8.